The van der Waals surface area contributed by atoms with Crippen LogP contribution in [0.3, 0.4) is 0 Å². The largest absolute Gasteiger partial charge is 0.496 e. The normalized spacial score (nSPS) is 17.0. The van der Waals surface area contributed by atoms with E-state index in [4.69, 9.17) is 4.74 Å². The molecule has 1 aromatic carbocycles. The molecule has 1 aromatic heterocycles. The quantitative estimate of drug-likeness (QED) is 0.704. The summed E-state index contributed by atoms with van der Waals surface area (Å²) in [5.74, 6) is 0.827. The Morgan fingerprint density at radius 1 is 1.37 bits per heavy atom. The smallest absolute Gasteiger partial charge is 0.256 e. The first-order valence-corrected chi connectivity index (χ1v) is 10.4. The van der Waals surface area contributed by atoms with Crippen LogP contribution in [0, 0.1) is 0 Å². The molecule has 0 N–H and O–H groups in total. The maximum Gasteiger partial charge on any atom is 0.256 e. The van der Waals surface area contributed by atoms with Gasteiger partial charge in [-0.3, -0.25) is 9.59 Å². The van der Waals surface area contributed by atoms with Crippen molar-refractivity contribution in [3.8, 4) is 5.75 Å². The van der Waals surface area contributed by atoms with Crippen LogP contribution in [0.15, 0.2) is 47.4 Å². The first-order valence-electron chi connectivity index (χ1n) is 10.4. The van der Waals surface area contributed by atoms with Crippen LogP contribution in [0.4, 0.5) is 0 Å². The van der Waals surface area contributed by atoms with Gasteiger partial charge in [0.15, 0.2) is 0 Å². The molecule has 1 amide bonds. The maximum absolute atomic E-state index is 13.7. The molecule has 5 heteroatoms. The Hall–Kier alpha value is -3.08. The van der Waals surface area contributed by atoms with E-state index >= 15 is 0 Å². The summed E-state index contributed by atoms with van der Waals surface area (Å²) in [4.78, 5) is 28.3. The number of rotatable bonds is 5. The second-order valence-electron chi connectivity index (χ2n) is 8.20. The second-order valence-corrected chi connectivity index (χ2v) is 8.20. The molecule has 4 rings (SSSR count). The van der Waals surface area contributed by atoms with Gasteiger partial charge in [0.05, 0.1) is 18.7 Å². The highest BCUT2D eigenvalue weighted by atomic mass is 16.5. The number of fused-ring (bicyclic) bond motifs is 2. The second kappa shape index (κ2) is 7.98. The molecule has 0 bridgehead atoms. The third-order valence-electron chi connectivity index (χ3n) is 6.26. The van der Waals surface area contributed by atoms with Crippen LogP contribution in [0.5, 0.6) is 5.75 Å². The molecular formula is C25H28N2O3. The zero-order valence-electron chi connectivity index (χ0n) is 17.9. The van der Waals surface area contributed by atoms with Gasteiger partial charge in [0.25, 0.3) is 11.5 Å². The van der Waals surface area contributed by atoms with Crippen molar-refractivity contribution in [3.05, 3.63) is 80.8 Å². The number of aromatic nitrogens is 1. The van der Waals surface area contributed by atoms with Crippen LogP contribution >= 0.6 is 0 Å². The molecular weight excluding hydrogens is 376 g/mol. The molecule has 0 saturated carbocycles. The molecule has 0 aliphatic heterocycles. The van der Waals surface area contributed by atoms with Crippen molar-refractivity contribution in [1.82, 2.24) is 9.47 Å². The monoisotopic (exact) mass is 404 g/mol. The summed E-state index contributed by atoms with van der Waals surface area (Å²) in [5, 5.41) is 0. The number of methoxy groups -OCH3 is 1. The van der Waals surface area contributed by atoms with Crippen molar-refractivity contribution in [1.29, 1.82) is 0 Å². The fraction of sp³-hybridized carbons (Fsp3) is 0.360. The van der Waals surface area contributed by atoms with Crippen LogP contribution in [-0.2, 0) is 19.4 Å². The van der Waals surface area contributed by atoms with Crippen molar-refractivity contribution >= 4 is 12.0 Å². The first-order chi connectivity index (χ1) is 14.5. The predicted octanol–water partition coefficient (Wildman–Crippen LogP) is 4.15. The van der Waals surface area contributed by atoms with Gasteiger partial charge in [-0.15, -0.1) is 6.58 Å². The molecule has 30 heavy (non-hydrogen) atoms. The summed E-state index contributed by atoms with van der Waals surface area (Å²) < 4.78 is 7.15. The maximum atomic E-state index is 13.7. The van der Waals surface area contributed by atoms with E-state index in [1.54, 1.807) is 23.9 Å². The lowest BCUT2D eigenvalue weighted by atomic mass is 9.86. The van der Waals surface area contributed by atoms with Gasteiger partial charge in [-0.05, 0) is 55.4 Å². The summed E-state index contributed by atoms with van der Waals surface area (Å²) in [5.41, 5.74) is 5.47. The van der Waals surface area contributed by atoms with Gasteiger partial charge in [0, 0.05) is 25.4 Å². The SMILES string of the molecule is C=CCn1cc(C(=O)N(C)C2CCCc3c(OC)cccc32)c2c(c1=O)CC(C)=C2. The third-order valence-corrected chi connectivity index (χ3v) is 6.26. The highest BCUT2D eigenvalue weighted by Crippen LogP contribution is 2.39. The summed E-state index contributed by atoms with van der Waals surface area (Å²) in [6, 6.07) is 6.05. The van der Waals surface area contributed by atoms with Gasteiger partial charge in [-0.25, -0.2) is 0 Å². The minimum Gasteiger partial charge on any atom is -0.496 e. The van der Waals surface area contributed by atoms with E-state index in [2.05, 4.69) is 12.6 Å². The molecule has 2 aromatic rings. The van der Waals surface area contributed by atoms with E-state index in [-0.39, 0.29) is 17.5 Å². The Balaban J connectivity index is 1.77. The van der Waals surface area contributed by atoms with Crippen molar-refractivity contribution in [2.24, 2.45) is 0 Å². The number of amides is 1. The minimum absolute atomic E-state index is 0.0155. The number of carbonyl (C=O) groups is 1. The third kappa shape index (κ3) is 3.28. The van der Waals surface area contributed by atoms with E-state index in [9.17, 15) is 9.59 Å². The van der Waals surface area contributed by atoms with E-state index in [1.807, 2.05) is 37.1 Å². The van der Waals surface area contributed by atoms with Crippen LogP contribution in [0.25, 0.3) is 6.08 Å². The van der Waals surface area contributed by atoms with E-state index in [0.717, 1.165) is 41.7 Å². The van der Waals surface area contributed by atoms with Gasteiger partial charge in [-0.1, -0.05) is 29.9 Å². The zero-order valence-corrected chi connectivity index (χ0v) is 17.9. The number of hydrogen-bond donors (Lipinski definition) is 0. The number of benzene rings is 1. The molecule has 1 atom stereocenters. The average Bonchev–Trinajstić information content (AvgIpc) is 3.15. The molecule has 2 aliphatic rings. The molecule has 2 aliphatic carbocycles. The van der Waals surface area contributed by atoms with E-state index < -0.39 is 0 Å². The van der Waals surface area contributed by atoms with Crippen LogP contribution < -0.4 is 10.3 Å². The first kappa shape index (κ1) is 20.2. The fourth-order valence-corrected chi connectivity index (χ4v) is 4.81. The molecule has 0 spiro atoms. The van der Waals surface area contributed by atoms with Crippen molar-refractivity contribution in [2.75, 3.05) is 14.2 Å². The topological polar surface area (TPSA) is 51.5 Å². The molecule has 5 nitrogen and oxygen atoms in total. The van der Waals surface area contributed by atoms with Gasteiger partial charge in [-0.2, -0.15) is 0 Å². The van der Waals surface area contributed by atoms with E-state index in [1.165, 1.54) is 5.56 Å². The summed E-state index contributed by atoms with van der Waals surface area (Å²) in [7, 11) is 3.55. The molecule has 0 fully saturated rings. The lowest BCUT2D eigenvalue weighted by molar-refractivity contribution is 0.0713. The fourth-order valence-electron chi connectivity index (χ4n) is 4.81. The van der Waals surface area contributed by atoms with Gasteiger partial charge in [0.2, 0.25) is 0 Å². The number of allylic oxidation sites excluding steroid dienone is 2. The van der Waals surface area contributed by atoms with Crippen molar-refractivity contribution in [3.63, 3.8) is 0 Å². The lowest BCUT2D eigenvalue weighted by Crippen LogP contribution is -2.35. The molecule has 0 saturated heterocycles. The van der Waals surface area contributed by atoms with Crippen LogP contribution in [0.2, 0.25) is 0 Å². The van der Waals surface area contributed by atoms with Crippen LogP contribution in [0.1, 0.15) is 58.4 Å². The standard InChI is InChI=1S/C25H28N2O3/c1-5-12-27-15-21(19-13-16(2)14-20(19)25(27)29)24(28)26(3)22-10-6-9-18-17(22)8-7-11-23(18)30-4/h5,7-8,11,13,15,22H,1,6,9-10,12,14H2,2-4H3. The number of pyridine rings is 1. The zero-order chi connectivity index (χ0) is 21.4. The van der Waals surface area contributed by atoms with Gasteiger partial charge in [0.1, 0.15) is 5.75 Å². The highest BCUT2D eigenvalue weighted by molar-refractivity contribution is 5.99. The Morgan fingerprint density at radius 3 is 2.90 bits per heavy atom. The molecule has 0 radical (unpaired) electrons. The highest BCUT2D eigenvalue weighted by Gasteiger charge is 2.31. The number of hydrogen-bond acceptors (Lipinski definition) is 3. The molecule has 1 unspecified atom stereocenters. The van der Waals surface area contributed by atoms with Crippen LogP contribution in [-0.4, -0.2) is 29.5 Å². The Morgan fingerprint density at radius 2 is 2.17 bits per heavy atom. The summed E-state index contributed by atoms with van der Waals surface area (Å²) >= 11 is 0. The number of ether oxygens (including phenoxy) is 1. The number of nitrogens with zero attached hydrogens (tertiary/aromatic N) is 2. The Bertz CT molecular complexity index is 1110. The lowest BCUT2D eigenvalue weighted by Gasteiger charge is -2.34. The van der Waals surface area contributed by atoms with Crippen molar-refractivity contribution in [2.45, 2.75) is 45.2 Å². The summed E-state index contributed by atoms with van der Waals surface area (Å²) in [6.07, 6.45) is 8.83. The van der Waals surface area contributed by atoms with Crippen molar-refractivity contribution < 1.29 is 9.53 Å². The Labute approximate surface area is 177 Å². The van der Waals surface area contributed by atoms with Gasteiger partial charge < -0.3 is 14.2 Å². The average molecular weight is 405 g/mol. The molecule has 156 valence electrons. The molecule has 1 heterocycles. The Kier molecular flexibility index (Phi) is 5.37. The minimum atomic E-state index is -0.0596. The predicted molar refractivity (Wildman–Crippen MR) is 119 cm³/mol. The summed E-state index contributed by atoms with van der Waals surface area (Å²) in [6.45, 7) is 6.14. The van der Waals surface area contributed by atoms with Gasteiger partial charge >= 0.3 is 0 Å². The van der Waals surface area contributed by atoms with E-state index in [0.29, 0.717) is 24.1 Å². The number of carbonyl (C=O) groups excluding carboxylic acids is 1.